The Hall–Kier alpha value is -3.27. The van der Waals surface area contributed by atoms with Gasteiger partial charge in [-0.05, 0) is 77.8 Å². The first-order chi connectivity index (χ1) is 13.8. The monoisotopic (exact) mass is 398 g/mol. The number of nitrogens with one attached hydrogen (secondary N) is 1. The molecule has 1 amide bonds. The Bertz CT molecular complexity index is 1030. The highest BCUT2D eigenvalue weighted by Crippen LogP contribution is 2.37. The van der Waals surface area contributed by atoms with Crippen molar-refractivity contribution in [3.8, 4) is 22.9 Å². The smallest absolute Gasteiger partial charge is 0.406 e. The highest BCUT2D eigenvalue weighted by atomic mass is 19.4. The van der Waals surface area contributed by atoms with Crippen molar-refractivity contribution in [2.45, 2.75) is 25.6 Å². The summed E-state index contributed by atoms with van der Waals surface area (Å²) in [4.78, 5) is 12.3. The van der Waals surface area contributed by atoms with Gasteiger partial charge < -0.3 is 10.1 Å². The van der Waals surface area contributed by atoms with Crippen LogP contribution in [0, 0.1) is 17.2 Å². The van der Waals surface area contributed by atoms with Crippen LogP contribution >= 0.6 is 0 Å². The van der Waals surface area contributed by atoms with E-state index in [4.69, 9.17) is 0 Å². The van der Waals surface area contributed by atoms with E-state index in [2.05, 4.69) is 16.1 Å². The zero-order valence-electron chi connectivity index (χ0n) is 15.3. The van der Waals surface area contributed by atoms with E-state index in [0.717, 1.165) is 29.5 Å². The van der Waals surface area contributed by atoms with Crippen molar-refractivity contribution in [2.24, 2.45) is 5.92 Å². The molecule has 1 aliphatic carbocycles. The molecule has 0 radical (unpaired) electrons. The number of carbonyl (C=O) groups is 1. The fourth-order valence-electron chi connectivity index (χ4n) is 3.99. The molecule has 1 saturated heterocycles. The van der Waals surface area contributed by atoms with Crippen molar-refractivity contribution in [1.82, 2.24) is 5.32 Å². The molecule has 2 aromatic carbocycles. The standard InChI is InChI=1S/C22H17F3N2O2/c23-22(24,25)29-18-3-1-15(2-4-18)19-10-14(12-26)8-16-11-17-7-13(9-20(16)19)5-6-27-21(17)28/h1-4,8,10-11,13H,5-7,9H2,(H,27,28). The Morgan fingerprint density at radius 3 is 2.59 bits per heavy atom. The molecule has 29 heavy (non-hydrogen) atoms. The maximum absolute atomic E-state index is 12.4. The van der Waals surface area contributed by atoms with E-state index >= 15 is 0 Å². The predicted octanol–water partition coefficient (Wildman–Crippen LogP) is 4.59. The van der Waals surface area contributed by atoms with Crippen LogP contribution in [0.3, 0.4) is 0 Å². The van der Waals surface area contributed by atoms with Crippen molar-refractivity contribution < 1.29 is 22.7 Å². The average molecular weight is 398 g/mol. The number of hydrogen-bond acceptors (Lipinski definition) is 3. The molecule has 1 aliphatic heterocycles. The molecule has 148 valence electrons. The van der Waals surface area contributed by atoms with Crippen LogP contribution in [0.1, 0.15) is 29.5 Å². The van der Waals surface area contributed by atoms with E-state index in [1.807, 2.05) is 6.08 Å². The molecule has 0 saturated carbocycles. The van der Waals surface area contributed by atoms with Gasteiger partial charge in [0.2, 0.25) is 5.91 Å². The molecule has 1 fully saturated rings. The van der Waals surface area contributed by atoms with Crippen molar-refractivity contribution in [1.29, 1.82) is 5.26 Å². The quantitative estimate of drug-likeness (QED) is 0.805. The molecule has 1 N–H and O–H groups in total. The number of fused-ring (bicyclic) bond motifs is 3. The molecular weight excluding hydrogens is 381 g/mol. The molecule has 7 heteroatoms. The summed E-state index contributed by atoms with van der Waals surface area (Å²) in [7, 11) is 0. The minimum absolute atomic E-state index is 0.0853. The van der Waals surface area contributed by atoms with Gasteiger partial charge in [0.25, 0.3) is 0 Å². The normalized spacial score (nSPS) is 18.5. The second kappa shape index (κ2) is 7.28. The van der Waals surface area contributed by atoms with Crippen LogP contribution in [-0.2, 0) is 11.2 Å². The molecule has 0 aromatic heterocycles. The molecule has 2 bridgehead atoms. The summed E-state index contributed by atoms with van der Waals surface area (Å²) in [5.41, 5.74) is 4.43. The summed E-state index contributed by atoms with van der Waals surface area (Å²) in [6.45, 7) is 0.616. The van der Waals surface area contributed by atoms with Crippen molar-refractivity contribution in [2.75, 3.05) is 6.54 Å². The third-order valence-electron chi connectivity index (χ3n) is 5.27. The first-order valence-corrected chi connectivity index (χ1v) is 9.24. The first kappa shape index (κ1) is 19.1. The van der Waals surface area contributed by atoms with Crippen LogP contribution < -0.4 is 10.1 Å². The van der Waals surface area contributed by atoms with Gasteiger partial charge >= 0.3 is 6.36 Å². The summed E-state index contributed by atoms with van der Waals surface area (Å²) in [5.74, 6) is -0.103. The summed E-state index contributed by atoms with van der Waals surface area (Å²) in [6, 6.07) is 11.3. The van der Waals surface area contributed by atoms with Crippen LogP contribution in [0.25, 0.3) is 17.2 Å². The summed E-state index contributed by atoms with van der Waals surface area (Å²) in [6.07, 6.45) is -0.670. The van der Waals surface area contributed by atoms with Gasteiger partial charge in [0, 0.05) is 12.1 Å². The number of nitriles is 1. The average Bonchev–Trinajstić information content (AvgIpc) is 2.96. The van der Waals surface area contributed by atoms with E-state index in [1.165, 1.54) is 12.1 Å². The maximum Gasteiger partial charge on any atom is 0.573 e. The van der Waals surface area contributed by atoms with Gasteiger partial charge in [-0.2, -0.15) is 5.26 Å². The third-order valence-corrected chi connectivity index (χ3v) is 5.27. The number of carbonyl (C=O) groups excluding carboxylic acids is 1. The number of alkyl halides is 3. The van der Waals surface area contributed by atoms with Crippen molar-refractivity contribution in [3.05, 3.63) is 58.7 Å². The molecule has 2 aromatic rings. The minimum Gasteiger partial charge on any atom is -0.406 e. The zero-order valence-corrected chi connectivity index (χ0v) is 15.3. The van der Waals surface area contributed by atoms with Gasteiger partial charge in [0.1, 0.15) is 5.75 Å². The van der Waals surface area contributed by atoms with Crippen molar-refractivity contribution >= 4 is 12.0 Å². The highest BCUT2D eigenvalue weighted by Gasteiger charge is 2.31. The SMILES string of the molecule is N#Cc1cc2c(c(-c3ccc(OC(F)(F)F)cc3)c1)CC1CCNC(=O)C(=C2)C1. The summed E-state index contributed by atoms with van der Waals surface area (Å²) in [5, 5.41) is 12.3. The molecule has 4 nitrogen and oxygen atoms in total. The van der Waals surface area contributed by atoms with Gasteiger partial charge in [0.05, 0.1) is 11.6 Å². The lowest BCUT2D eigenvalue weighted by atomic mass is 9.87. The number of nitrogens with zero attached hydrogens (tertiary/aromatic N) is 1. The van der Waals surface area contributed by atoms with Crippen LogP contribution in [-0.4, -0.2) is 18.8 Å². The second-order valence-corrected chi connectivity index (χ2v) is 7.26. The number of halogens is 3. The van der Waals surface area contributed by atoms with E-state index in [-0.39, 0.29) is 17.6 Å². The topological polar surface area (TPSA) is 62.1 Å². The molecule has 0 spiro atoms. The van der Waals surface area contributed by atoms with Crippen molar-refractivity contribution in [3.63, 3.8) is 0 Å². The number of benzene rings is 2. The van der Waals surface area contributed by atoms with Gasteiger partial charge in [0.15, 0.2) is 0 Å². The van der Waals surface area contributed by atoms with Gasteiger partial charge in [-0.1, -0.05) is 12.1 Å². The van der Waals surface area contributed by atoms with Crippen LogP contribution in [0.2, 0.25) is 0 Å². The Kier molecular flexibility index (Phi) is 4.79. The van der Waals surface area contributed by atoms with Crippen LogP contribution in [0.15, 0.2) is 42.0 Å². The molecular formula is C22H17F3N2O2. The van der Waals surface area contributed by atoms with E-state index < -0.39 is 6.36 Å². The summed E-state index contributed by atoms with van der Waals surface area (Å²) >= 11 is 0. The lowest BCUT2D eigenvalue weighted by molar-refractivity contribution is -0.274. The third kappa shape index (κ3) is 4.11. The number of rotatable bonds is 2. The number of ether oxygens (including phenoxy) is 1. The summed E-state index contributed by atoms with van der Waals surface area (Å²) < 4.78 is 41.2. The molecule has 1 atom stereocenters. The van der Waals surface area contributed by atoms with E-state index in [0.29, 0.717) is 29.7 Å². The van der Waals surface area contributed by atoms with Gasteiger partial charge in [-0.25, -0.2) is 0 Å². The van der Waals surface area contributed by atoms with E-state index in [1.54, 1.807) is 24.3 Å². The molecule has 1 unspecified atom stereocenters. The second-order valence-electron chi connectivity index (χ2n) is 7.26. The Balaban J connectivity index is 1.80. The first-order valence-electron chi connectivity index (χ1n) is 9.24. The zero-order chi connectivity index (χ0) is 20.6. The fourth-order valence-corrected chi connectivity index (χ4v) is 3.99. The lowest BCUT2D eigenvalue weighted by Gasteiger charge is -2.18. The van der Waals surface area contributed by atoms with E-state index in [9.17, 15) is 23.2 Å². The fraction of sp³-hybridized carbons (Fsp3) is 0.273. The Morgan fingerprint density at radius 1 is 1.14 bits per heavy atom. The number of amides is 1. The highest BCUT2D eigenvalue weighted by molar-refractivity contribution is 5.99. The minimum atomic E-state index is -4.75. The largest absolute Gasteiger partial charge is 0.573 e. The maximum atomic E-state index is 12.4. The molecule has 1 heterocycles. The van der Waals surface area contributed by atoms with Crippen LogP contribution in [0.4, 0.5) is 13.2 Å². The van der Waals surface area contributed by atoms with Crippen LogP contribution in [0.5, 0.6) is 5.75 Å². The number of hydrogen-bond donors (Lipinski definition) is 1. The van der Waals surface area contributed by atoms with Gasteiger partial charge in [-0.3, -0.25) is 4.79 Å². The molecule has 2 aliphatic rings. The molecule has 4 rings (SSSR count). The Morgan fingerprint density at radius 2 is 1.90 bits per heavy atom. The predicted molar refractivity (Wildman–Crippen MR) is 101 cm³/mol. The van der Waals surface area contributed by atoms with Gasteiger partial charge in [-0.15, -0.1) is 13.2 Å². The Labute approximate surface area is 165 Å². The lowest BCUT2D eigenvalue weighted by Crippen LogP contribution is -2.23.